The maximum atomic E-state index is 12.2. The molecular formula is C14H13N3O6. The van der Waals surface area contributed by atoms with Crippen molar-refractivity contribution < 1.29 is 14.4 Å². The van der Waals surface area contributed by atoms with E-state index >= 15 is 0 Å². The van der Waals surface area contributed by atoms with Gasteiger partial charge in [0.05, 0.1) is 6.54 Å². The van der Waals surface area contributed by atoms with Crippen molar-refractivity contribution in [3.63, 3.8) is 0 Å². The number of aromatic amines is 2. The third kappa shape index (κ3) is 2.98. The number of allylic oxidation sites excluding steroid dienone is 3. The number of aromatic nitrogens is 3. The molecule has 1 rings (SSSR count). The maximum absolute atomic E-state index is 12.2. The molecule has 1 heterocycles. The molecule has 0 bridgehead atoms. The van der Waals surface area contributed by atoms with Gasteiger partial charge in [-0.05, 0) is 18.2 Å². The zero-order valence-corrected chi connectivity index (χ0v) is 12.0. The molecule has 0 radical (unpaired) electrons. The lowest BCUT2D eigenvalue weighted by atomic mass is 9.74. The molecule has 120 valence electrons. The Hall–Kier alpha value is -3.36. The van der Waals surface area contributed by atoms with E-state index in [9.17, 15) is 28.8 Å². The lowest BCUT2D eigenvalue weighted by Crippen LogP contribution is -2.53. The second kappa shape index (κ2) is 6.60. The maximum Gasteiger partial charge on any atom is 0.333 e. The third-order valence-electron chi connectivity index (χ3n) is 3.14. The minimum absolute atomic E-state index is 0.353. The number of carbonyl (C=O) groups excluding carboxylic acids is 3. The fourth-order valence-electron chi connectivity index (χ4n) is 1.95. The number of nitrogens with zero attached hydrogens (tertiary/aromatic N) is 1. The van der Waals surface area contributed by atoms with Gasteiger partial charge in [0.15, 0.2) is 22.8 Å². The van der Waals surface area contributed by atoms with Gasteiger partial charge in [0.1, 0.15) is 0 Å². The lowest BCUT2D eigenvalue weighted by Gasteiger charge is -2.25. The second-order valence-electron chi connectivity index (χ2n) is 4.39. The van der Waals surface area contributed by atoms with Gasteiger partial charge < -0.3 is 0 Å². The fraction of sp³-hybridized carbons (Fsp3) is 0.143. The molecule has 0 aliphatic heterocycles. The van der Waals surface area contributed by atoms with Crippen molar-refractivity contribution in [2.24, 2.45) is 5.41 Å². The van der Waals surface area contributed by atoms with Crippen LogP contribution in [-0.2, 0) is 20.9 Å². The van der Waals surface area contributed by atoms with Gasteiger partial charge in [0.2, 0.25) is 0 Å². The van der Waals surface area contributed by atoms with Gasteiger partial charge in [0, 0.05) is 0 Å². The van der Waals surface area contributed by atoms with Crippen molar-refractivity contribution in [1.29, 1.82) is 0 Å². The highest BCUT2D eigenvalue weighted by Gasteiger charge is 2.49. The molecule has 0 aliphatic carbocycles. The van der Waals surface area contributed by atoms with E-state index in [1.807, 2.05) is 0 Å². The largest absolute Gasteiger partial charge is 0.333 e. The standard InChI is InChI=1S/C14H13N3O6/c1-4-8(18)14(9(19)5-2,10(20)6-3)7-17-12(22)15-11(21)16-13(17)23/h4-6H,1-3,7H2,(H2,15,16,21,22,23). The summed E-state index contributed by atoms with van der Waals surface area (Å²) in [5.74, 6) is -3.11. The summed E-state index contributed by atoms with van der Waals surface area (Å²) >= 11 is 0. The number of carbonyl (C=O) groups is 3. The Morgan fingerprint density at radius 3 is 1.52 bits per heavy atom. The van der Waals surface area contributed by atoms with Crippen LogP contribution in [0.3, 0.4) is 0 Å². The Kier molecular flexibility index (Phi) is 5.08. The first-order valence-corrected chi connectivity index (χ1v) is 6.18. The van der Waals surface area contributed by atoms with Crippen LogP contribution in [0.25, 0.3) is 0 Å². The Bertz CT molecular complexity index is 798. The highest BCUT2D eigenvalue weighted by Crippen LogP contribution is 2.25. The number of nitrogens with one attached hydrogen (secondary N) is 2. The number of H-pyrrole nitrogens is 2. The molecule has 1 aromatic heterocycles. The zero-order valence-electron chi connectivity index (χ0n) is 12.0. The minimum Gasteiger partial charge on any atom is -0.293 e. The van der Waals surface area contributed by atoms with Gasteiger partial charge in [0.25, 0.3) is 0 Å². The monoisotopic (exact) mass is 319 g/mol. The van der Waals surface area contributed by atoms with Crippen LogP contribution < -0.4 is 17.1 Å². The van der Waals surface area contributed by atoms with E-state index in [-0.39, 0.29) is 0 Å². The van der Waals surface area contributed by atoms with Crippen molar-refractivity contribution in [3.05, 3.63) is 69.4 Å². The Morgan fingerprint density at radius 2 is 1.22 bits per heavy atom. The normalized spacial score (nSPS) is 10.6. The first-order valence-electron chi connectivity index (χ1n) is 6.18. The van der Waals surface area contributed by atoms with Crippen molar-refractivity contribution in [2.75, 3.05) is 0 Å². The molecule has 2 N–H and O–H groups in total. The first kappa shape index (κ1) is 17.7. The Balaban J connectivity index is 3.76. The van der Waals surface area contributed by atoms with Gasteiger partial charge in [-0.2, -0.15) is 0 Å². The predicted molar refractivity (Wildman–Crippen MR) is 80.0 cm³/mol. The van der Waals surface area contributed by atoms with E-state index in [1.54, 1.807) is 9.97 Å². The van der Waals surface area contributed by atoms with Gasteiger partial charge in [-0.25, -0.2) is 19.0 Å². The van der Waals surface area contributed by atoms with Crippen molar-refractivity contribution in [3.8, 4) is 0 Å². The van der Waals surface area contributed by atoms with E-state index in [1.165, 1.54) is 0 Å². The summed E-state index contributed by atoms with van der Waals surface area (Å²) in [5.41, 5.74) is -5.88. The lowest BCUT2D eigenvalue weighted by molar-refractivity contribution is -0.143. The summed E-state index contributed by atoms with van der Waals surface area (Å²) < 4.78 is 0.353. The molecule has 23 heavy (non-hydrogen) atoms. The molecule has 0 unspecified atom stereocenters. The molecule has 0 saturated heterocycles. The van der Waals surface area contributed by atoms with Gasteiger partial charge in [-0.1, -0.05) is 19.7 Å². The molecule has 1 aromatic rings. The predicted octanol–water partition coefficient (Wildman–Crippen LogP) is -1.52. The third-order valence-corrected chi connectivity index (χ3v) is 3.14. The number of hydrogen-bond donors (Lipinski definition) is 2. The minimum atomic E-state index is -2.44. The van der Waals surface area contributed by atoms with Gasteiger partial charge in [-0.15, -0.1) is 0 Å². The molecule has 9 nitrogen and oxygen atoms in total. The van der Waals surface area contributed by atoms with Crippen molar-refractivity contribution >= 4 is 17.3 Å². The molecule has 0 amide bonds. The van der Waals surface area contributed by atoms with E-state index in [2.05, 4.69) is 19.7 Å². The number of hydrogen-bond acceptors (Lipinski definition) is 6. The first-order chi connectivity index (χ1) is 10.7. The van der Waals surface area contributed by atoms with Crippen molar-refractivity contribution in [1.82, 2.24) is 14.5 Å². The summed E-state index contributed by atoms with van der Waals surface area (Å²) in [6, 6.07) is 0. The molecule has 0 spiro atoms. The van der Waals surface area contributed by atoms with Crippen LogP contribution in [0.5, 0.6) is 0 Å². The second-order valence-corrected chi connectivity index (χ2v) is 4.39. The van der Waals surface area contributed by atoms with Crippen LogP contribution in [0.15, 0.2) is 52.3 Å². The van der Waals surface area contributed by atoms with Crippen LogP contribution in [0.2, 0.25) is 0 Å². The van der Waals surface area contributed by atoms with E-state index in [4.69, 9.17) is 0 Å². The average molecular weight is 319 g/mol. The molecule has 0 aliphatic rings. The van der Waals surface area contributed by atoms with Crippen molar-refractivity contribution in [2.45, 2.75) is 6.54 Å². The van der Waals surface area contributed by atoms with E-state index in [0.717, 1.165) is 0 Å². The summed E-state index contributed by atoms with van der Waals surface area (Å²) in [7, 11) is 0. The topological polar surface area (TPSA) is 139 Å². The molecule has 0 aromatic carbocycles. The summed E-state index contributed by atoms with van der Waals surface area (Å²) in [4.78, 5) is 74.6. The summed E-state index contributed by atoms with van der Waals surface area (Å²) in [6.07, 6.45) is 2.15. The van der Waals surface area contributed by atoms with E-state index in [0.29, 0.717) is 22.8 Å². The fourth-order valence-corrected chi connectivity index (χ4v) is 1.95. The van der Waals surface area contributed by atoms with Crippen LogP contribution in [0.1, 0.15) is 0 Å². The smallest absolute Gasteiger partial charge is 0.293 e. The molecular weight excluding hydrogens is 306 g/mol. The van der Waals surface area contributed by atoms with Crippen LogP contribution in [-0.4, -0.2) is 31.9 Å². The number of ketones is 3. The highest BCUT2D eigenvalue weighted by molar-refractivity contribution is 6.31. The molecule has 0 saturated carbocycles. The van der Waals surface area contributed by atoms with E-state index < -0.39 is 46.4 Å². The van der Waals surface area contributed by atoms with Crippen LogP contribution in [0.4, 0.5) is 0 Å². The molecule has 0 atom stereocenters. The van der Waals surface area contributed by atoms with Gasteiger partial charge >= 0.3 is 17.1 Å². The Labute approximate surface area is 128 Å². The quantitative estimate of drug-likeness (QED) is 0.440. The number of rotatable bonds is 8. The molecule has 0 fully saturated rings. The SMILES string of the molecule is C=CC(=O)C(Cn1c(=O)[nH]c(=O)[nH]c1=O)(C(=O)C=C)C(=O)C=C. The van der Waals surface area contributed by atoms with Crippen LogP contribution >= 0.6 is 0 Å². The van der Waals surface area contributed by atoms with Gasteiger partial charge in [-0.3, -0.25) is 24.4 Å². The molecule has 9 heteroatoms. The van der Waals surface area contributed by atoms with Crippen LogP contribution in [0, 0.1) is 5.41 Å². The average Bonchev–Trinajstić information content (AvgIpc) is 2.52. The summed E-state index contributed by atoms with van der Waals surface area (Å²) in [6.45, 7) is 8.69. The highest BCUT2D eigenvalue weighted by atomic mass is 16.2. The summed E-state index contributed by atoms with van der Waals surface area (Å²) in [5, 5.41) is 0. The zero-order chi connectivity index (χ0) is 17.8. The Morgan fingerprint density at radius 1 is 0.870 bits per heavy atom.